The Labute approximate surface area is 197 Å². The van der Waals surface area contributed by atoms with E-state index in [1.807, 2.05) is 0 Å². The van der Waals surface area contributed by atoms with Crippen molar-refractivity contribution in [3.63, 3.8) is 0 Å². The molecule has 0 fully saturated rings. The maximum atomic E-state index is 13.2. The second kappa shape index (κ2) is 9.94. The van der Waals surface area contributed by atoms with E-state index in [4.69, 9.17) is 22.1 Å². The Morgan fingerprint density at radius 3 is 2.58 bits per heavy atom. The van der Waals surface area contributed by atoms with Crippen LogP contribution in [0.4, 0.5) is 5.82 Å². The van der Waals surface area contributed by atoms with Crippen LogP contribution in [0.1, 0.15) is 23.7 Å². The van der Waals surface area contributed by atoms with E-state index in [-0.39, 0.29) is 16.9 Å². The van der Waals surface area contributed by atoms with Gasteiger partial charge in [0.25, 0.3) is 11.1 Å². The highest BCUT2D eigenvalue weighted by Crippen LogP contribution is 2.26. The van der Waals surface area contributed by atoms with Crippen molar-refractivity contribution in [3.8, 4) is 0 Å². The molecule has 33 heavy (non-hydrogen) atoms. The number of hydrogen-bond acceptors (Lipinski definition) is 8. The van der Waals surface area contributed by atoms with E-state index in [9.17, 15) is 19.2 Å². The number of nitrogens with two attached hydrogens (primary N) is 1. The molecule has 0 radical (unpaired) electrons. The number of benzene rings is 1. The number of ether oxygens (including phenoxy) is 1. The first-order chi connectivity index (χ1) is 15.6. The van der Waals surface area contributed by atoms with Gasteiger partial charge in [-0.15, -0.1) is 0 Å². The minimum Gasteiger partial charge on any atom is -0.385 e. The summed E-state index contributed by atoms with van der Waals surface area (Å²) in [5.74, 6) is -0.783. The lowest BCUT2D eigenvalue weighted by atomic mass is 10.1. The highest BCUT2D eigenvalue weighted by Gasteiger charge is 2.27. The van der Waals surface area contributed by atoms with Crippen LogP contribution in [0.5, 0.6) is 0 Å². The van der Waals surface area contributed by atoms with Crippen molar-refractivity contribution in [3.05, 3.63) is 60.0 Å². The number of aromatic nitrogens is 4. The molecule has 0 aliphatic carbocycles. The lowest BCUT2D eigenvalue weighted by Crippen LogP contribution is -2.42. The predicted octanol–water partition coefficient (Wildman–Crippen LogP) is 1.43. The quantitative estimate of drug-likeness (QED) is 0.216. The summed E-state index contributed by atoms with van der Waals surface area (Å²) in [7, 11) is 4.23. The highest BCUT2D eigenvalue weighted by atomic mass is 35.5. The van der Waals surface area contributed by atoms with Gasteiger partial charge in [-0.05, 0) is 31.5 Å². The van der Waals surface area contributed by atoms with Crippen LogP contribution in [0, 0.1) is 0 Å². The fourth-order valence-corrected chi connectivity index (χ4v) is 4.49. The van der Waals surface area contributed by atoms with Crippen molar-refractivity contribution in [2.24, 2.45) is 14.1 Å². The van der Waals surface area contributed by atoms with Gasteiger partial charge in [0.05, 0.1) is 16.2 Å². The number of nitrogen functional groups attached to an aromatic ring is 1. The zero-order valence-electron chi connectivity index (χ0n) is 18.6. The fourth-order valence-electron chi connectivity index (χ4n) is 3.33. The molecule has 3 rings (SSSR count). The smallest absolute Gasteiger partial charge is 0.332 e. The van der Waals surface area contributed by atoms with Crippen LogP contribution in [-0.4, -0.2) is 43.4 Å². The van der Waals surface area contributed by atoms with Gasteiger partial charge in [0.15, 0.2) is 10.9 Å². The summed E-state index contributed by atoms with van der Waals surface area (Å²) in [4.78, 5) is 55.6. The molecule has 1 aromatic carbocycles. The number of carbonyl (C=O) groups excluding carboxylic acids is 1. The topological polar surface area (TPSA) is 131 Å². The van der Waals surface area contributed by atoms with Gasteiger partial charge in [-0.25, -0.2) is 9.78 Å². The van der Waals surface area contributed by atoms with E-state index >= 15 is 0 Å². The molecule has 1 unspecified atom stereocenters. The fraction of sp³-hybridized carbons (Fsp3) is 0.381. The molecule has 0 amide bonds. The van der Waals surface area contributed by atoms with Gasteiger partial charge < -0.3 is 10.5 Å². The number of Topliss-reactive ketones (excluding diaryl/α,β-unsaturated/α-hetero) is 1. The Balaban J connectivity index is 2.07. The Kier molecular flexibility index (Phi) is 7.45. The molecule has 2 N–H and O–H groups in total. The van der Waals surface area contributed by atoms with Crippen molar-refractivity contribution in [2.75, 3.05) is 19.5 Å². The third-order valence-corrected chi connectivity index (χ3v) is 6.55. The summed E-state index contributed by atoms with van der Waals surface area (Å²) in [6.07, 6.45) is 0.557. The Bertz CT molecular complexity index is 1410. The van der Waals surface area contributed by atoms with Crippen molar-refractivity contribution in [1.82, 2.24) is 18.7 Å². The van der Waals surface area contributed by atoms with Gasteiger partial charge in [-0.1, -0.05) is 23.4 Å². The number of carbonyl (C=O) groups is 1. The number of nitrogens with zero attached hydrogens (tertiary/aromatic N) is 4. The maximum Gasteiger partial charge on any atom is 0.332 e. The molecule has 12 heteroatoms. The number of halogens is 1. The Hall–Kier alpha value is -2.89. The molecule has 0 aliphatic heterocycles. The molecule has 0 saturated heterocycles. The lowest BCUT2D eigenvalue weighted by molar-refractivity contribution is 0.0992. The summed E-state index contributed by atoms with van der Waals surface area (Å²) >= 11 is 7.10. The van der Waals surface area contributed by atoms with Gasteiger partial charge in [-0.3, -0.25) is 28.1 Å². The predicted molar refractivity (Wildman–Crippen MR) is 128 cm³/mol. The standard InChI is InChI=1S/C21H24ClN5O5S/c1-11(16(28)15-17(23)25(2)21(31)26(3)19(15)30)33-20-24-14-10-12(22)6-7-13(14)18(29)27(20)8-5-9-32-4/h6-7,10-11H,5,8-9,23H2,1-4H3. The number of rotatable bonds is 8. The normalized spacial score (nSPS) is 12.3. The zero-order valence-corrected chi connectivity index (χ0v) is 20.2. The van der Waals surface area contributed by atoms with Gasteiger partial charge in [0, 0.05) is 39.4 Å². The number of fused-ring (bicyclic) bond motifs is 1. The molecule has 2 heterocycles. The van der Waals surface area contributed by atoms with E-state index in [2.05, 4.69) is 4.98 Å². The van der Waals surface area contributed by atoms with Crippen molar-refractivity contribution in [1.29, 1.82) is 0 Å². The molecule has 10 nitrogen and oxygen atoms in total. The third kappa shape index (κ3) is 4.75. The van der Waals surface area contributed by atoms with Gasteiger partial charge in [0.2, 0.25) is 0 Å². The second-order valence-electron chi connectivity index (χ2n) is 7.45. The van der Waals surface area contributed by atoms with E-state index in [1.165, 1.54) is 18.7 Å². The number of hydrogen-bond donors (Lipinski definition) is 1. The monoisotopic (exact) mass is 493 g/mol. The van der Waals surface area contributed by atoms with Gasteiger partial charge in [-0.2, -0.15) is 0 Å². The molecular weight excluding hydrogens is 470 g/mol. The van der Waals surface area contributed by atoms with Crippen molar-refractivity contribution in [2.45, 2.75) is 30.3 Å². The van der Waals surface area contributed by atoms with Crippen LogP contribution in [0.2, 0.25) is 5.02 Å². The first-order valence-corrected chi connectivity index (χ1v) is 11.3. The van der Waals surface area contributed by atoms with Crippen LogP contribution in [-0.2, 0) is 25.4 Å². The van der Waals surface area contributed by atoms with Crippen molar-refractivity contribution >= 4 is 45.9 Å². The Morgan fingerprint density at radius 1 is 1.21 bits per heavy atom. The largest absolute Gasteiger partial charge is 0.385 e. The summed E-state index contributed by atoms with van der Waals surface area (Å²) < 4.78 is 8.44. The summed E-state index contributed by atoms with van der Waals surface area (Å²) in [6.45, 7) is 2.35. The number of methoxy groups -OCH3 is 1. The average molecular weight is 494 g/mol. The van der Waals surface area contributed by atoms with E-state index in [0.717, 1.165) is 20.9 Å². The molecule has 3 aromatic rings. The third-order valence-electron chi connectivity index (χ3n) is 5.22. The van der Waals surface area contributed by atoms with Crippen LogP contribution in [0.15, 0.2) is 37.7 Å². The molecule has 1 atom stereocenters. The second-order valence-corrected chi connectivity index (χ2v) is 9.19. The van der Waals surface area contributed by atoms with Crippen LogP contribution in [0.3, 0.4) is 0 Å². The highest BCUT2D eigenvalue weighted by molar-refractivity contribution is 8.00. The van der Waals surface area contributed by atoms with Crippen LogP contribution >= 0.6 is 23.4 Å². The van der Waals surface area contributed by atoms with Gasteiger partial charge in [0.1, 0.15) is 11.4 Å². The molecule has 176 valence electrons. The first kappa shape index (κ1) is 24.7. The van der Waals surface area contributed by atoms with Crippen LogP contribution < -0.4 is 22.5 Å². The minimum absolute atomic E-state index is 0.212. The number of anilines is 1. The molecule has 0 bridgehead atoms. The molecule has 0 aliphatic rings. The van der Waals surface area contributed by atoms with E-state index in [1.54, 1.807) is 32.2 Å². The zero-order chi connectivity index (χ0) is 24.4. The van der Waals surface area contributed by atoms with Crippen LogP contribution in [0.25, 0.3) is 10.9 Å². The molecule has 0 spiro atoms. The van der Waals surface area contributed by atoms with E-state index in [0.29, 0.717) is 40.7 Å². The Morgan fingerprint density at radius 2 is 1.91 bits per heavy atom. The average Bonchev–Trinajstić information content (AvgIpc) is 2.78. The SMILES string of the molecule is COCCCn1c(SC(C)C(=O)c2c(N)n(C)c(=O)n(C)c2=O)nc2cc(Cl)ccc2c1=O. The molecule has 2 aromatic heterocycles. The minimum atomic E-state index is -0.824. The molecular formula is C21H24ClN5O5S. The van der Waals surface area contributed by atoms with Crippen molar-refractivity contribution < 1.29 is 9.53 Å². The lowest BCUT2D eigenvalue weighted by Gasteiger charge is -2.17. The number of ketones is 1. The summed E-state index contributed by atoms with van der Waals surface area (Å²) in [6, 6.07) is 4.80. The van der Waals surface area contributed by atoms with Gasteiger partial charge >= 0.3 is 5.69 Å². The first-order valence-electron chi connectivity index (χ1n) is 10.0. The number of thioether (sulfide) groups is 1. The maximum absolute atomic E-state index is 13.2. The summed E-state index contributed by atoms with van der Waals surface area (Å²) in [5.41, 5.74) is 4.37. The summed E-state index contributed by atoms with van der Waals surface area (Å²) in [5, 5.41) is 0.297. The van der Waals surface area contributed by atoms with E-state index < -0.39 is 22.3 Å². The molecule has 0 saturated carbocycles.